The Kier molecular flexibility index (Phi) is 2.02. The number of rotatable bonds is 5. The second kappa shape index (κ2) is 6.66. The normalized spacial score (nSPS) is 21.3. The Morgan fingerprint density at radius 1 is 1.38 bits per heavy atom. The van der Waals surface area contributed by atoms with Gasteiger partial charge in [-0.25, -0.2) is 0 Å². The standard InChI is InChI=1S/C16H18N4O3S/c1-9-7-17-12(10(2)14(9)23-4)8-24(21)16-18-11-5-6-13(22-3)19-15(11)20-16/h5-7H,8H2,1-4H3,(H,18,19,20)/i1D3,2D3,5D,6D,7D,8D2/hD. The Morgan fingerprint density at radius 2 is 2.25 bits per heavy atom. The van der Waals surface area contributed by atoms with Gasteiger partial charge >= 0.3 is 5.16 Å². The van der Waals surface area contributed by atoms with Gasteiger partial charge in [0.15, 0.2) is 12.8 Å². The molecule has 0 aliphatic heterocycles. The molecule has 0 fully saturated rings. The summed E-state index contributed by atoms with van der Waals surface area (Å²) < 4.78 is 119. The van der Waals surface area contributed by atoms with E-state index in [-0.39, 0.29) is 17.0 Å². The van der Waals surface area contributed by atoms with E-state index >= 15 is 0 Å². The molecule has 1 N–H and O–H groups in total. The van der Waals surface area contributed by atoms with E-state index in [1.54, 1.807) is 0 Å². The van der Waals surface area contributed by atoms with Gasteiger partial charge in [0.05, 0.1) is 32.3 Å². The first-order chi connectivity index (χ1) is 16.4. The number of ether oxygens (including phenoxy) is 2. The van der Waals surface area contributed by atoms with Gasteiger partial charge in [-0.05, 0) is 19.7 Å². The van der Waals surface area contributed by atoms with Gasteiger partial charge < -0.3 is 14.0 Å². The predicted molar refractivity (Wildman–Crippen MR) is 90.8 cm³/mol. The minimum Gasteiger partial charge on any atom is -0.609 e. The summed E-state index contributed by atoms with van der Waals surface area (Å²) in [6.45, 7) is -6.26. The Hall–Kier alpha value is -2.32. The van der Waals surface area contributed by atoms with Gasteiger partial charge in [0, 0.05) is 42.7 Å². The molecule has 3 aromatic heterocycles. The van der Waals surface area contributed by atoms with Crippen molar-refractivity contribution in [2.45, 2.75) is 24.6 Å². The molecular formula is C16H18N4O3S. The molecule has 24 heavy (non-hydrogen) atoms. The molecule has 0 radical (unpaired) electrons. The summed E-state index contributed by atoms with van der Waals surface area (Å²) in [7, 11) is 2.11. The third-order valence-corrected chi connectivity index (χ3v) is 3.73. The molecule has 3 rings (SSSR count). The van der Waals surface area contributed by atoms with Crippen LogP contribution in [-0.2, 0) is 16.9 Å². The molecule has 7 nitrogen and oxygen atoms in total. The van der Waals surface area contributed by atoms with Gasteiger partial charge in [0.1, 0.15) is 5.75 Å². The summed E-state index contributed by atoms with van der Waals surface area (Å²) >= 11 is -3.02. The number of aromatic nitrogens is 4. The molecule has 0 bridgehead atoms. The number of fused-ring (bicyclic) bond motifs is 1. The van der Waals surface area contributed by atoms with Crippen LogP contribution in [0.25, 0.3) is 11.2 Å². The van der Waals surface area contributed by atoms with Crippen LogP contribution in [0.15, 0.2) is 23.4 Å². The molecule has 0 aromatic carbocycles. The monoisotopic (exact) mass is 358 g/mol. The van der Waals surface area contributed by atoms with Crippen molar-refractivity contribution in [3.8, 4) is 11.6 Å². The van der Waals surface area contributed by atoms with E-state index in [0.717, 1.165) is 7.11 Å². The van der Waals surface area contributed by atoms with Gasteiger partial charge in [-0.1, -0.05) is 0 Å². The average molecular weight is 358 g/mol. The maximum absolute atomic E-state index is 13.4. The molecule has 1 atom stereocenters. The van der Waals surface area contributed by atoms with Gasteiger partial charge in [0.2, 0.25) is 5.88 Å². The van der Waals surface area contributed by atoms with Crippen LogP contribution in [-0.4, -0.2) is 38.7 Å². The quantitative estimate of drug-likeness (QED) is 0.703. The number of nitrogens with zero attached hydrogens (tertiary/aromatic N) is 3. The Labute approximate surface area is 159 Å². The Morgan fingerprint density at radius 3 is 2.96 bits per heavy atom. The van der Waals surface area contributed by atoms with Crippen LogP contribution in [0.3, 0.4) is 0 Å². The van der Waals surface area contributed by atoms with Crippen molar-refractivity contribution >= 4 is 22.3 Å². The lowest BCUT2D eigenvalue weighted by Gasteiger charge is -2.13. The summed E-state index contributed by atoms with van der Waals surface area (Å²) in [5.74, 6) is -1.15. The second-order valence-electron chi connectivity index (χ2n) is 4.28. The molecule has 0 amide bonds. The number of imidazole rings is 1. The fraction of sp³-hybridized carbons (Fsp3) is 0.312. The molecule has 0 saturated carbocycles. The summed E-state index contributed by atoms with van der Waals surface area (Å²) in [6, 6.07) is -1.07. The fourth-order valence-corrected chi connectivity index (χ4v) is 2.51. The number of H-pyrrole nitrogens is 1. The van der Waals surface area contributed by atoms with E-state index in [0.29, 0.717) is 4.98 Å². The third kappa shape index (κ3) is 3.02. The number of pyridine rings is 2. The van der Waals surface area contributed by atoms with Crippen LogP contribution in [0.2, 0.25) is 1.41 Å². The summed E-state index contributed by atoms with van der Waals surface area (Å²) in [5, 5.41) is -0.813. The van der Waals surface area contributed by atoms with Crippen molar-refractivity contribution in [3.05, 3.63) is 35.1 Å². The van der Waals surface area contributed by atoms with Crippen LogP contribution in [0.4, 0.5) is 0 Å². The lowest BCUT2D eigenvalue weighted by Crippen LogP contribution is -2.10. The fourth-order valence-electron chi connectivity index (χ4n) is 1.75. The minimum atomic E-state index is -3.25. The van der Waals surface area contributed by atoms with Crippen LogP contribution < -0.4 is 9.47 Å². The number of hydrogen-bond acceptors (Lipinski definition) is 6. The predicted octanol–water partition coefficient (Wildman–Crippen LogP) is 2.29. The van der Waals surface area contributed by atoms with E-state index < -0.39 is 76.6 Å². The minimum absolute atomic E-state index is 0.318. The SMILES string of the molecule is [2H]c1nc(C([2H])([2H])[S+]([O-])c2nc3nc(OC)c([2H])c([2H])c3n2[2H])c(C([2H])([2H])[2H])c(OC)c1C([2H])([2H])[2H]. The second-order valence-corrected chi connectivity index (χ2v) is 5.38. The van der Waals surface area contributed by atoms with E-state index in [1.165, 1.54) is 7.11 Å². The van der Waals surface area contributed by atoms with E-state index in [2.05, 4.69) is 15.0 Å². The Balaban J connectivity index is 2.33. The maximum Gasteiger partial charge on any atom is 0.323 e. The lowest BCUT2D eigenvalue weighted by atomic mass is 10.1. The summed E-state index contributed by atoms with van der Waals surface area (Å²) in [4.78, 5) is 11.6. The number of aromatic amines is 1. The molecule has 3 aromatic rings. The van der Waals surface area contributed by atoms with Crippen molar-refractivity contribution in [3.63, 3.8) is 0 Å². The summed E-state index contributed by atoms with van der Waals surface area (Å²) in [5.41, 5.74) is -6.94. The zero-order chi connectivity index (χ0) is 27.5. The van der Waals surface area contributed by atoms with E-state index in [9.17, 15) is 4.55 Å². The van der Waals surface area contributed by atoms with Gasteiger partial charge in [-0.3, -0.25) is 9.96 Å². The zero-order valence-electron chi connectivity index (χ0n) is 24.4. The molecule has 0 spiro atoms. The van der Waals surface area contributed by atoms with Crippen LogP contribution >= 0.6 is 0 Å². The Bertz CT molecular complexity index is 1340. The molecule has 8 heteroatoms. The lowest BCUT2D eigenvalue weighted by molar-refractivity contribution is 0.399. The number of nitrogens with one attached hydrogen (secondary N) is 1. The van der Waals surface area contributed by atoms with Crippen LogP contribution in [0.1, 0.15) is 31.9 Å². The topological polar surface area (TPSA) is 96.0 Å². The third-order valence-electron chi connectivity index (χ3n) is 2.84. The maximum atomic E-state index is 13.4. The number of methoxy groups -OCH3 is 2. The van der Waals surface area contributed by atoms with Gasteiger partial charge in [-0.2, -0.15) is 9.97 Å². The molecule has 126 valence electrons. The first kappa shape index (κ1) is 7.28. The van der Waals surface area contributed by atoms with Crippen molar-refractivity contribution in [1.29, 1.82) is 0 Å². The van der Waals surface area contributed by atoms with Gasteiger partial charge in [-0.15, -0.1) is 0 Å². The molecular weight excluding hydrogens is 328 g/mol. The highest BCUT2D eigenvalue weighted by Crippen LogP contribution is 2.26. The molecule has 1 unspecified atom stereocenters. The first-order valence-corrected chi connectivity index (χ1v) is 7.49. The first-order valence-electron chi connectivity index (χ1n) is 12.3. The van der Waals surface area contributed by atoms with Crippen molar-refractivity contribution < 1.29 is 30.5 Å². The molecule has 0 saturated heterocycles. The van der Waals surface area contributed by atoms with Crippen LogP contribution in [0.5, 0.6) is 11.6 Å². The van der Waals surface area contributed by atoms with Crippen molar-refractivity contribution in [1.82, 2.24) is 19.9 Å². The van der Waals surface area contributed by atoms with Gasteiger partial charge in [0.25, 0.3) is 0 Å². The molecule has 0 aliphatic carbocycles. The highest BCUT2D eigenvalue weighted by Gasteiger charge is 2.21. The van der Waals surface area contributed by atoms with Crippen LogP contribution in [0, 0.1) is 13.7 Å². The average Bonchev–Trinajstić information content (AvgIpc) is 3.08. The largest absolute Gasteiger partial charge is 0.609 e. The van der Waals surface area contributed by atoms with Crippen molar-refractivity contribution in [2.24, 2.45) is 0 Å². The highest BCUT2D eigenvalue weighted by atomic mass is 32.2. The smallest absolute Gasteiger partial charge is 0.323 e. The molecule has 0 aliphatic rings. The zero-order valence-corrected chi connectivity index (χ0v) is 13.2. The van der Waals surface area contributed by atoms with E-state index in [1.807, 2.05) is 0 Å². The summed E-state index contributed by atoms with van der Waals surface area (Å²) in [6.07, 6.45) is -1.02. The molecule has 3 heterocycles. The van der Waals surface area contributed by atoms with Crippen molar-refractivity contribution in [2.75, 3.05) is 14.2 Å². The highest BCUT2D eigenvalue weighted by molar-refractivity contribution is 7.90. The number of hydrogen-bond donors (Lipinski definition) is 1. The van der Waals surface area contributed by atoms with E-state index in [4.69, 9.17) is 26.0 Å².